The minimum absolute atomic E-state index is 0.0531. The number of aromatic nitrogens is 2. The van der Waals surface area contributed by atoms with Crippen LogP contribution in [0.1, 0.15) is 17.0 Å². The van der Waals surface area contributed by atoms with Crippen LogP contribution in [0, 0.1) is 17.5 Å². The van der Waals surface area contributed by atoms with Crippen molar-refractivity contribution in [3.8, 4) is 0 Å². The third-order valence-corrected chi connectivity index (χ3v) is 3.66. The lowest BCUT2D eigenvalue weighted by atomic mass is 10.1. The number of hydrogen-bond donors (Lipinski definition) is 1. The van der Waals surface area contributed by atoms with Crippen LogP contribution in [-0.2, 0) is 13.0 Å². The summed E-state index contributed by atoms with van der Waals surface area (Å²) in [7, 11) is 0. The third-order valence-electron chi connectivity index (χ3n) is 3.66. The van der Waals surface area contributed by atoms with Gasteiger partial charge in [-0.1, -0.05) is 24.3 Å². The summed E-state index contributed by atoms with van der Waals surface area (Å²) >= 11 is 0. The van der Waals surface area contributed by atoms with Gasteiger partial charge < -0.3 is 10.3 Å². The van der Waals surface area contributed by atoms with Crippen LogP contribution in [0.25, 0.3) is 0 Å². The summed E-state index contributed by atoms with van der Waals surface area (Å²) in [5.41, 5.74) is 7.51. The zero-order valence-corrected chi connectivity index (χ0v) is 12.1. The fourth-order valence-electron chi connectivity index (χ4n) is 2.39. The van der Waals surface area contributed by atoms with Gasteiger partial charge in [0.25, 0.3) is 0 Å². The van der Waals surface area contributed by atoms with Crippen LogP contribution in [0.15, 0.2) is 48.8 Å². The number of halogens is 3. The Balaban J connectivity index is 1.88. The van der Waals surface area contributed by atoms with Crippen molar-refractivity contribution in [2.24, 2.45) is 0 Å². The van der Waals surface area contributed by atoms with E-state index < -0.39 is 17.5 Å². The number of imidazole rings is 1. The van der Waals surface area contributed by atoms with Gasteiger partial charge in [0.05, 0.1) is 6.54 Å². The van der Waals surface area contributed by atoms with Gasteiger partial charge in [0.2, 0.25) is 0 Å². The number of nitrogens with zero attached hydrogens (tertiary/aromatic N) is 2. The van der Waals surface area contributed by atoms with Crippen LogP contribution in [0.2, 0.25) is 0 Å². The summed E-state index contributed by atoms with van der Waals surface area (Å²) in [6.45, 7) is 0.466. The first kappa shape index (κ1) is 15.1. The molecule has 2 aromatic carbocycles. The van der Waals surface area contributed by atoms with Gasteiger partial charge in [0.1, 0.15) is 5.82 Å². The first-order chi connectivity index (χ1) is 11.1. The van der Waals surface area contributed by atoms with Crippen molar-refractivity contribution in [2.45, 2.75) is 13.0 Å². The van der Waals surface area contributed by atoms with Crippen LogP contribution in [-0.4, -0.2) is 9.55 Å². The SMILES string of the molecule is Nc1ccccc1Cn1ccnc1Cc1ccc(F)c(F)c1F. The van der Waals surface area contributed by atoms with Crippen LogP contribution in [0.3, 0.4) is 0 Å². The maximum atomic E-state index is 13.8. The summed E-state index contributed by atoms with van der Waals surface area (Å²) < 4.78 is 41.9. The molecule has 0 fully saturated rings. The molecule has 3 nitrogen and oxygen atoms in total. The molecule has 1 heterocycles. The van der Waals surface area contributed by atoms with E-state index in [2.05, 4.69) is 4.98 Å². The second-order valence-electron chi connectivity index (χ2n) is 5.18. The number of anilines is 1. The average molecular weight is 317 g/mol. The van der Waals surface area contributed by atoms with Crippen LogP contribution in [0.5, 0.6) is 0 Å². The monoisotopic (exact) mass is 317 g/mol. The van der Waals surface area contributed by atoms with E-state index in [-0.39, 0.29) is 12.0 Å². The maximum absolute atomic E-state index is 13.8. The second-order valence-corrected chi connectivity index (χ2v) is 5.18. The predicted octanol–water partition coefficient (Wildman–Crippen LogP) is 3.52. The number of benzene rings is 2. The number of para-hydroxylation sites is 1. The molecule has 0 atom stereocenters. The molecule has 2 N–H and O–H groups in total. The molecule has 0 aliphatic rings. The minimum atomic E-state index is -1.46. The number of nitrogen functional groups attached to an aromatic ring is 1. The molecule has 0 saturated carbocycles. The molecule has 3 rings (SSSR count). The van der Waals surface area contributed by atoms with Gasteiger partial charge in [0.15, 0.2) is 17.5 Å². The summed E-state index contributed by atoms with van der Waals surface area (Å²) in [6, 6.07) is 9.53. The number of hydrogen-bond acceptors (Lipinski definition) is 2. The van der Waals surface area contributed by atoms with Gasteiger partial charge >= 0.3 is 0 Å². The standard InChI is InChI=1S/C17H14F3N3/c18-13-6-5-11(16(19)17(13)20)9-15-22-7-8-23(15)10-12-3-1-2-4-14(12)21/h1-8H,9-10,21H2. The van der Waals surface area contributed by atoms with Crippen LogP contribution < -0.4 is 5.73 Å². The molecule has 0 aliphatic carbocycles. The molecule has 6 heteroatoms. The first-order valence-corrected chi connectivity index (χ1v) is 7.02. The summed E-state index contributed by atoms with van der Waals surface area (Å²) in [6.07, 6.45) is 3.37. The molecule has 3 aromatic rings. The van der Waals surface area contributed by atoms with Gasteiger partial charge in [-0.15, -0.1) is 0 Å². The Bertz CT molecular complexity index is 843. The average Bonchev–Trinajstić information content (AvgIpc) is 2.97. The highest BCUT2D eigenvalue weighted by atomic mass is 19.2. The summed E-state index contributed by atoms with van der Waals surface area (Å²) in [5, 5.41) is 0. The fourth-order valence-corrected chi connectivity index (χ4v) is 2.39. The molecule has 0 spiro atoms. The van der Waals surface area contributed by atoms with E-state index in [1.54, 1.807) is 23.0 Å². The maximum Gasteiger partial charge on any atom is 0.194 e. The highest BCUT2D eigenvalue weighted by Crippen LogP contribution is 2.19. The van der Waals surface area contributed by atoms with E-state index in [1.807, 2.05) is 18.2 Å². The third kappa shape index (κ3) is 3.06. The van der Waals surface area contributed by atoms with Crippen molar-refractivity contribution < 1.29 is 13.2 Å². The molecule has 0 bridgehead atoms. The normalized spacial score (nSPS) is 10.9. The molecule has 23 heavy (non-hydrogen) atoms. The number of rotatable bonds is 4. The zero-order valence-electron chi connectivity index (χ0n) is 12.1. The Hall–Kier alpha value is -2.76. The highest BCUT2D eigenvalue weighted by molar-refractivity contribution is 5.46. The van der Waals surface area contributed by atoms with Crippen molar-refractivity contribution in [3.63, 3.8) is 0 Å². The van der Waals surface area contributed by atoms with E-state index in [9.17, 15) is 13.2 Å². The molecule has 0 unspecified atom stereocenters. The molecule has 0 saturated heterocycles. The quantitative estimate of drug-likeness (QED) is 0.591. The molecule has 118 valence electrons. The van der Waals surface area contributed by atoms with Crippen molar-refractivity contribution in [1.82, 2.24) is 9.55 Å². The highest BCUT2D eigenvalue weighted by Gasteiger charge is 2.15. The Morgan fingerprint density at radius 3 is 2.52 bits per heavy atom. The van der Waals surface area contributed by atoms with Gasteiger partial charge in [-0.05, 0) is 23.3 Å². The van der Waals surface area contributed by atoms with Crippen molar-refractivity contribution >= 4 is 5.69 Å². The van der Waals surface area contributed by atoms with Crippen molar-refractivity contribution in [3.05, 3.63) is 83.2 Å². The van der Waals surface area contributed by atoms with Gasteiger partial charge in [-0.25, -0.2) is 18.2 Å². The largest absolute Gasteiger partial charge is 0.398 e. The molecule has 0 amide bonds. The first-order valence-electron chi connectivity index (χ1n) is 7.02. The number of nitrogens with two attached hydrogens (primary N) is 1. The zero-order chi connectivity index (χ0) is 16.4. The Labute approximate surface area is 131 Å². The van der Waals surface area contributed by atoms with Crippen LogP contribution in [0.4, 0.5) is 18.9 Å². The molecule has 0 radical (unpaired) electrons. The lowest BCUT2D eigenvalue weighted by Crippen LogP contribution is -2.08. The lowest BCUT2D eigenvalue weighted by Gasteiger charge is -2.11. The summed E-state index contributed by atoms with van der Waals surface area (Å²) in [4.78, 5) is 4.17. The van der Waals surface area contributed by atoms with Gasteiger partial charge in [-0.3, -0.25) is 0 Å². The van der Waals surface area contributed by atoms with Gasteiger partial charge in [-0.2, -0.15) is 0 Å². The van der Waals surface area contributed by atoms with E-state index in [1.165, 1.54) is 6.07 Å². The van der Waals surface area contributed by atoms with E-state index in [0.717, 1.165) is 11.6 Å². The van der Waals surface area contributed by atoms with E-state index >= 15 is 0 Å². The second kappa shape index (κ2) is 6.16. The van der Waals surface area contributed by atoms with E-state index in [4.69, 9.17) is 5.73 Å². The van der Waals surface area contributed by atoms with Crippen molar-refractivity contribution in [2.75, 3.05) is 5.73 Å². The van der Waals surface area contributed by atoms with Crippen LogP contribution >= 0.6 is 0 Å². The molecule has 0 aliphatic heterocycles. The molecular formula is C17H14F3N3. The topological polar surface area (TPSA) is 43.8 Å². The Kier molecular flexibility index (Phi) is 4.06. The van der Waals surface area contributed by atoms with Crippen molar-refractivity contribution in [1.29, 1.82) is 0 Å². The fraction of sp³-hybridized carbons (Fsp3) is 0.118. The predicted molar refractivity (Wildman–Crippen MR) is 81.3 cm³/mol. The summed E-state index contributed by atoms with van der Waals surface area (Å²) in [5.74, 6) is -3.31. The molecule has 1 aromatic heterocycles. The van der Waals surface area contributed by atoms with E-state index in [0.29, 0.717) is 18.1 Å². The Morgan fingerprint density at radius 2 is 1.74 bits per heavy atom. The minimum Gasteiger partial charge on any atom is -0.398 e. The lowest BCUT2D eigenvalue weighted by molar-refractivity contribution is 0.441. The van der Waals surface area contributed by atoms with Gasteiger partial charge in [0, 0.05) is 24.5 Å². The molecular weight excluding hydrogens is 303 g/mol. The smallest absolute Gasteiger partial charge is 0.194 e. The Morgan fingerprint density at radius 1 is 0.957 bits per heavy atom.